The Morgan fingerprint density at radius 1 is 1.17 bits per heavy atom. The second kappa shape index (κ2) is 6.51. The van der Waals surface area contributed by atoms with Gasteiger partial charge in [-0.25, -0.2) is 18.1 Å². The molecular weight excluding hydrogens is 344 g/mol. The third-order valence-electron chi connectivity index (χ3n) is 3.55. The highest BCUT2D eigenvalue weighted by Crippen LogP contribution is 2.28. The van der Waals surface area contributed by atoms with Crippen molar-refractivity contribution in [3.63, 3.8) is 0 Å². The first-order valence-corrected chi connectivity index (χ1v) is 9.73. The van der Waals surface area contributed by atoms with Gasteiger partial charge in [-0.2, -0.15) is 0 Å². The Morgan fingerprint density at radius 2 is 1.88 bits per heavy atom. The quantitative estimate of drug-likeness (QED) is 0.749. The molecule has 1 N–H and O–H groups in total. The van der Waals surface area contributed by atoms with Crippen molar-refractivity contribution in [3.05, 3.63) is 58.3 Å². The zero-order valence-electron chi connectivity index (χ0n) is 13.7. The number of benzene rings is 1. The summed E-state index contributed by atoms with van der Waals surface area (Å²) < 4.78 is 33.0. The van der Waals surface area contributed by atoms with Crippen LogP contribution in [-0.2, 0) is 16.6 Å². The van der Waals surface area contributed by atoms with Crippen molar-refractivity contribution >= 4 is 21.4 Å². The number of hydrogen-bond acceptors (Lipinski definition) is 5. The van der Waals surface area contributed by atoms with Crippen molar-refractivity contribution in [1.29, 1.82) is 0 Å². The minimum atomic E-state index is -3.56. The Hall–Kier alpha value is -1.96. The molecule has 7 heteroatoms. The van der Waals surface area contributed by atoms with Crippen LogP contribution < -0.4 is 4.72 Å². The second-order valence-corrected chi connectivity index (χ2v) is 8.50. The van der Waals surface area contributed by atoms with Gasteiger partial charge in [0, 0.05) is 11.4 Å². The Bertz CT molecular complexity index is 938. The van der Waals surface area contributed by atoms with Crippen LogP contribution in [0.3, 0.4) is 0 Å². The number of hydrogen-bond donors (Lipinski definition) is 1. The third-order valence-corrected chi connectivity index (χ3v) is 6.11. The highest BCUT2D eigenvalue weighted by atomic mass is 32.2. The fourth-order valence-electron chi connectivity index (χ4n) is 2.43. The molecule has 0 spiro atoms. The summed E-state index contributed by atoms with van der Waals surface area (Å²) in [5.74, 6) is 0.687. The van der Waals surface area contributed by atoms with Crippen molar-refractivity contribution in [2.75, 3.05) is 0 Å². The lowest BCUT2D eigenvalue weighted by Gasteiger charge is -2.08. The van der Waals surface area contributed by atoms with E-state index in [-0.39, 0.29) is 11.4 Å². The fourth-order valence-corrected chi connectivity index (χ4v) is 4.67. The molecule has 24 heavy (non-hydrogen) atoms. The van der Waals surface area contributed by atoms with E-state index in [1.54, 1.807) is 24.5 Å². The lowest BCUT2D eigenvalue weighted by Crippen LogP contribution is -2.23. The first kappa shape index (κ1) is 16.9. The molecule has 0 amide bonds. The summed E-state index contributed by atoms with van der Waals surface area (Å²) in [5.41, 5.74) is 2.64. The lowest BCUT2D eigenvalue weighted by atomic mass is 10.2. The summed E-state index contributed by atoms with van der Waals surface area (Å²) in [6.07, 6.45) is 1.59. The molecule has 0 saturated carbocycles. The minimum Gasteiger partial charge on any atom is -0.462 e. The third kappa shape index (κ3) is 3.58. The number of aryl methyl sites for hydroxylation is 3. The lowest BCUT2D eigenvalue weighted by molar-refractivity contribution is 0.580. The molecule has 0 radical (unpaired) electrons. The summed E-state index contributed by atoms with van der Waals surface area (Å²) in [7, 11) is -3.56. The minimum absolute atomic E-state index is 0.208. The van der Waals surface area contributed by atoms with Crippen molar-refractivity contribution in [2.24, 2.45) is 0 Å². The van der Waals surface area contributed by atoms with E-state index in [0.29, 0.717) is 5.76 Å². The molecule has 0 fully saturated rings. The van der Waals surface area contributed by atoms with Gasteiger partial charge in [0.25, 0.3) is 0 Å². The monoisotopic (exact) mass is 362 g/mol. The van der Waals surface area contributed by atoms with Crippen LogP contribution in [0.1, 0.15) is 21.7 Å². The van der Waals surface area contributed by atoms with Crippen LogP contribution in [0.2, 0.25) is 0 Å². The molecule has 1 aromatic carbocycles. The topological polar surface area (TPSA) is 72.2 Å². The number of thiazole rings is 1. The van der Waals surface area contributed by atoms with E-state index in [2.05, 4.69) is 9.71 Å². The van der Waals surface area contributed by atoms with Crippen LogP contribution in [0.25, 0.3) is 10.8 Å². The van der Waals surface area contributed by atoms with Gasteiger partial charge in [0.15, 0.2) is 10.8 Å². The summed E-state index contributed by atoms with van der Waals surface area (Å²) >= 11 is 1.43. The summed E-state index contributed by atoms with van der Waals surface area (Å²) in [6.45, 7) is 5.84. The summed E-state index contributed by atoms with van der Waals surface area (Å²) in [5, 5.41) is 0.748. The normalized spacial score (nSPS) is 11.8. The molecule has 0 aliphatic heterocycles. The van der Waals surface area contributed by atoms with E-state index in [4.69, 9.17) is 4.42 Å². The summed E-state index contributed by atoms with van der Waals surface area (Å²) in [4.78, 5) is 5.60. The fraction of sp³-hybridized carbons (Fsp3) is 0.235. The number of furan rings is 1. The highest BCUT2D eigenvalue weighted by Gasteiger charge is 2.17. The van der Waals surface area contributed by atoms with Crippen molar-refractivity contribution in [1.82, 2.24) is 9.71 Å². The maximum absolute atomic E-state index is 12.5. The molecule has 2 aromatic heterocycles. The van der Waals surface area contributed by atoms with E-state index in [1.165, 1.54) is 11.3 Å². The smallest absolute Gasteiger partial charge is 0.240 e. The van der Waals surface area contributed by atoms with Gasteiger partial charge in [-0.15, -0.1) is 11.3 Å². The maximum Gasteiger partial charge on any atom is 0.240 e. The number of nitrogens with zero attached hydrogens (tertiary/aromatic N) is 1. The van der Waals surface area contributed by atoms with Crippen LogP contribution >= 0.6 is 11.3 Å². The first-order chi connectivity index (χ1) is 11.3. The summed E-state index contributed by atoms with van der Waals surface area (Å²) in [6, 6.07) is 8.92. The van der Waals surface area contributed by atoms with E-state index in [9.17, 15) is 8.42 Å². The van der Waals surface area contributed by atoms with E-state index < -0.39 is 10.0 Å². The van der Waals surface area contributed by atoms with Gasteiger partial charge in [-0.05, 0) is 56.2 Å². The Kier molecular flexibility index (Phi) is 4.58. The molecule has 3 rings (SSSR count). The van der Waals surface area contributed by atoms with Crippen LogP contribution in [0.5, 0.6) is 0 Å². The molecule has 0 bridgehead atoms. The molecule has 2 heterocycles. The Balaban J connectivity index is 1.80. The van der Waals surface area contributed by atoms with Crippen LogP contribution in [0.4, 0.5) is 0 Å². The number of sulfonamides is 1. The molecule has 126 valence electrons. The highest BCUT2D eigenvalue weighted by molar-refractivity contribution is 7.89. The van der Waals surface area contributed by atoms with Gasteiger partial charge >= 0.3 is 0 Å². The zero-order chi connectivity index (χ0) is 17.3. The molecule has 0 aliphatic rings. The van der Waals surface area contributed by atoms with Crippen molar-refractivity contribution < 1.29 is 12.8 Å². The molecule has 0 unspecified atom stereocenters. The van der Waals surface area contributed by atoms with Gasteiger partial charge in [0.1, 0.15) is 0 Å². The van der Waals surface area contributed by atoms with Gasteiger partial charge in [-0.3, -0.25) is 0 Å². The molecule has 0 saturated heterocycles. The molecule has 0 aliphatic carbocycles. The maximum atomic E-state index is 12.5. The molecule has 0 atom stereocenters. The standard InChI is InChI=1S/C17H18N2O3S2/c1-11-7-12(2)9-14(8-11)24(20,21)18-10-16-13(3)19-17(23-16)15-5-4-6-22-15/h4-9,18H,10H2,1-3H3. The van der Waals surface area contributed by atoms with Gasteiger partial charge in [0.2, 0.25) is 10.0 Å². The Labute approximate surface area is 145 Å². The molecule has 5 nitrogen and oxygen atoms in total. The van der Waals surface area contributed by atoms with Crippen molar-refractivity contribution in [3.8, 4) is 10.8 Å². The first-order valence-electron chi connectivity index (χ1n) is 7.43. The van der Waals surface area contributed by atoms with Gasteiger partial charge < -0.3 is 4.42 Å². The van der Waals surface area contributed by atoms with Crippen LogP contribution in [0.15, 0.2) is 45.9 Å². The number of aromatic nitrogens is 1. The Morgan fingerprint density at radius 3 is 2.50 bits per heavy atom. The average Bonchev–Trinajstić information content (AvgIpc) is 3.13. The largest absolute Gasteiger partial charge is 0.462 e. The predicted molar refractivity (Wildman–Crippen MR) is 94.5 cm³/mol. The van der Waals surface area contributed by atoms with Gasteiger partial charge in [0.05, 0.1) is 16.9 Å². The second-order valence-electron chi connectivity index (χ2n) is 5.65. The van der Waals surface area contributed by atoms with E-state index >= 15 is 0 Å². The number of nitrogens with one attached hydrogen (secondary N) is 1. The van der Waals surface area contributed by atoms with E-state index in [0.717, 1.165) is 26.7 Å². The van der Waals surface area contributed by atoms with Crippen LogP contribution in [0, 0.1) is 20.8 Å². The number of rotatable bonds is 5. The van der Waals surface area contributed by atoms with E-state index in [1.807, 2.05) is 32.9 Å². The molecular formula is C17H18N2O3S2. The van der Waals surface area contributed by atoms with Crippen molar-refractivity contribution in [2.45, 2.75) is 32.2 Å². The zero-order valence-corrected chi connectivity index (χ0v) is 15.3. The van der Waals surface area contributed by atoms with Crippen LogP contribution in [-0.4, -0.2) is 13.4 Å². The molecule has 3 aromatic rings. The predicted octanol–water partition coefficient (Wildman–Crippen LogP) is 3.81. The average molecular weight is 362 g/mol. The SMILES string of the molecule is Cc1cc(C)cc(S(=O)(=O)NCc2sc(-c3ccco3)nc2C)c1. The van der Waals surface area contributed by atoms with Gasteiger partial charge in [-0.1, -0.05) is 6.07 Å².